The summed E-state index contributed by atoms with van der Waals surface area (Å²) in [5, 5.41) is 17.2. The van der Waals surface area contributed by atoms with E-state index in [0.29, 0.717) is 11.5 Å². The van der Waals surface area contributed by atoms with Crippen LogP contribution in [0.15, 0.2) is 18.3 Å². The SMILES string of the molecule is N#Cc1ccn2c(C3CCOCC3)nnc2c1. The normalized spacial score (nSPS) is 17.1. The van der Waals surface area contributed by atoms with Crippen molar-refractivity contribution in [2.75, 3.05) is 13.2 Å². The van der Waals surface area contributed by atoms with Crippen LogP contribution < -0.4 is 0 Å². The number of hydrogen-bond acceptors (Lipinski definition) is 4. The molecule has 0 saturated carbocycles. The molecule has 0 N–H and O–H groups in total. The molecule has 5 nitrogen and oxygen atoms in total. The van der Waals surface area contributed by atoms with Crippen LogP contribution in [0.5, 0.6) is 0 Å². The lowest BCUT2D eigenvalue weighted by Gasteiger charge is -2.20. The minimum atomic E-state index is 0.409. The Morgan fingerprint density at radius 1 is 1.35 bits per heavy atom. The van der Waals surface area contributed by atoms with E-state index in [0.717, 1.165) is 37.5 Å². The summed E-state index contributed by atoms with van der Waals surface area (Å²) in [4.78, 5) is 0. The largest absolute Gasteiger partial charge is 0.381 e. The molecule has 2 aromatic heterocycles. The van der Waals surface area contributed by atoms with Crippen molar-refractivity contribution in [2.24, 2.45) is 0 Å². The van der Waals surface area contributed by atoms with E-state index < -0.39 is 0 Å². The minimum Gasteiger partial charge on any atom is -0.381 e. The van der Waals surface area contributed by atoms with Gasteiger partial charge in [0.25, 0.3) is 0 Å². The smallest absolute Gasteiger partial charge is 0.162 e. The monoisotopic (exact) mass is 228 g/mol. The Balaban J connectivity index is 2.03. The van der Waals surface area contributed by atoms with Gasteiger partial charge in [-0.1, -0.05) is 0 Å². The van der Waals surface area contributed by atoms with Crippen molar-refractivity contribution in [1.29, 1.82) is 5.26 Å². The lowest BCUT2D eigenvalue weighted by Crippen LogP contribution is -2.16. The van der Waals surface area contributed by atoms with Crippen LogP contribution in [0.2, 0.25) is 0 Å². The third-order valence-corrected chi connectivity index (χ3v) is 3.15. The summed E-state index contributed by atoms with van der Waals surface area (Å²) in [7, 11) is 0. The summed E-state index contributed by atoms with van der Waals surface area (Å²) < 4.78 is 7.31. The van der Waals surface area contributed by atoms with Crippen molar-refractivity contribution in [2.45, 2.75) is 18.8 Å². The highest BCUT2D eigenvalue weighted by atomic mass is 16.5. The molecule has 0 aliphatic carbocycles. The van der Waals surface area contributed by atoms with E-state index >= 15 is 0 Å². The molecule has 0 atom stereocenters. The zero-order valence-corrected chi connectivity index (χ0v) is 9.33. The Labute approximate surface area is 98.6 Å². The molecule has 0 radical (unpaired) electrons. The summed E-state index contributed by atoms with van der Waals surface area (Å²) >= 11 is 0. The zero-order valence-electron chi connectivity index (χ0n) is 9.33. The Morgan fingerprint density at radius 3 is 2.94 bits per heavy atom. The maximum Gasteiger partial charge on any atom is 0.162 e. The average Bonchev–Trinajstić information content (AvgIpc) is 2.82. The molecule has 17 heavy (non-hydrogen) atoms. The molecule has 1 saturated heterocycles. The van der Waals surface area contributed by atoms with Gasteiger partial charge >= 0.3 is 0 Å². The highest BCUT2D eigenvalue weighted by molar-refractivity contribution is 5.45. The molecular formula is C12H12N4O. The fourth-order valence-electron chi connectivity index (χ4n) is 2.21. The zero-order chi connectivity index (χ0) is 11.7. The maximum absolute atomic E-state index is 8.83. The third kappa shape index (κ3) is 1.77. The van der Waals surface area contributed by atoms with Crippen LogP contribution >= 0.6 is 0 Å². The highest BCUT2D eigenvalue weighted by Crippen LogP contribution is 2.25. The van der Waals surface area contributed by atoms with Crippen LogP contribution in [0.1, 0.15) is 30.1 Å². The van der Waals surface area contributed by atoms with Gasteiger partial charge in [-0.2, -0.15) is 5.26 Å². The third-order valence-electron chi connectivity index (χ3n) is 3.15. The quantitative estimate of drug-likeness (QED) is 0.742. The van der Waals surface area contributed by atoms with E-state index in [1.165, 1.54) is 0 Å². The second-order valence-corrected chi connectivity index (χ2v) is 4.20. The van der Waals surface area contributed by atoms with Crippen molar-refractivity contribution < 1.29 is 4.74 Å². The number of fused-ring (bicyclic) bond motifs is 1. The first-order chi connectivity index (χ1) is 8.38. The second-order valence-electron chi connectivity index (χ2n) is 4.20. The van der Waals surface area contributed by atoms with E-state index in [4.69, 9.17) is 10.00 Å². The van der Waals surface area contributed by atoms with Crippen LogP contribution in [-0.4, -0.2) is 27.8 Å². The molecular weight excluding hydrogens is 216 g/mol. The minimum absolute atomic E-state index is 0.409. The maximum atomic E-state index is 8.83. The van der Waals surface area contributed by atoms with Gasteiger partial charge in [-0.3, -0.25) is 4.40 Å². The van der Waals surface area contributed by atoms with E-state index in [1.54, 1.807) is 12.1 Å². The summed E-state index contributed by atoms with van der Waals surface area (Å²) in [5.74, 6) is 1.39. The molecule has 1 aliphatic heterocycles. The number of nitrogens with zero attached hydrogens (tertiary/aromatic N) is 4. The van der Waals surface area contributed by atoms with Gasteiger partial charge in [0.2, 0.25) is 0 Å². The lowest BCUT2D eigenvalue weighted by atomic mass is 9.99. The first-order valence-corrected chi connectivity index (χ1v) is 5.71. The molecule has 5 heteroatoms. The molecule has 0 aromatic carbocycles. The van der Waals surface area contributed by atoms with Gasteiger partial charge in [-0.05, 0) is 18.9 Å². The van der Waals surface area contributed by atoms with Gasteiger partial charge < -0.3 is 4.74 Å². The number of nitriles is 1. The van der Waals surface area contributed by atoms with E-state index in [2.05, 4.69) is 16.3 Å². The molecule has 2 aromatic rings. The lowest BCUT2D eigenvalue weighted by molar-refractivity contribution is 0.0834. The summed E-state index contributed by atoms with van der Waals surface area (Å²) in [6.45, 7) is 1.58. The van der Waals surface area contributed by atoms with Crippen LogP contribution in [0.25, 0.3) is 5.65 Å². The van der Waals surface area contributed by atoms with E-state index in [-0.39, 0.29) is 0 Å². The predicted octanol–water partition coefficient (Wildman–Crippen LogP) is 1.49. The Bertz CT molecular complexity index is 578. The molecule has 3 heterocycles. The predicted molar refractivity (Wildman–Crippen MR) is 60.5 cm³/mol. The molecule has 0 unspecified atom stereocenters. The Hall–Kier alpha value is -1.93. The van der Waals surface area contributed by atoms with Crippen molar-refractivity contribution in [3.05, 3.63) is 29.7 Å². The van der Waals surface area contributed by atoms with Gasteiger partial charge in [0.05, 0.1) is 11.6 Å². The van der Waals surface area contributed by atoms with Crippen molar-refractivity contribution >= 4 is 5.65 Å². The number of hydrogen-bond donors (Lipinski definition) is 0. The fraction of sp³-hybridized carbons (Fsp3) is 0.417. The number of pyridine rings is 1. The van der Waals surface area contributed by atoms with E-state index in [9.17, 15) is 0 Å². The molecule has 1 aliphatic rings. The van der Waals surface area contributed by atoms with Crippen LogP contribution in [0, 0.1) is 11.3 Å². The number of ether oxygens (including phenoxy) is 1. The van der Waals surface area contributed by atoms with Crippen LogP contribution in [-0.2, 0) is 4.74 Å². The molecule has 0 bridgehead atoms. The van der Waals surface area contributed by atoms with Gasteiger partial charge in [-0.15, -0.1) is 10.2 Å². The molecule has 0 amide bonds. The average molecular weight is 228 g/mol. The molecule has 86 valence electrons. The molecule has 1 fully saturated rings. The molecule has 0 spiro atoms. The Morgan fingerprint density at radius 2 is 2.18 bits per heavy atom. The van der Waals surface area contributed by atoms with Crippen LogP contribution in [0.3, 0.4) is 0 Å². The van der Waals surface area contributed by atoms with Crippen LogP contribution in [0.4, 0.5) is 0 Å². The van der Waals surface area contributed by atoms with Crippen molar-refractivity contribution in [3.8, 4) is 6.07 Å². The van der Waals surface area contributed by atoms with Gasteiger partial charge in [0.1, 0.15) is 5.82 Å². The van der Waals surface area contributed by atoms with Gasteiger partial charge in [-0.25, -0.2) is 0 Å². The second kappa shape index (κ2) is 4.15. The van der Waals surface area contributed by atoms with Crippen molar-refractivity contribution in [1.82, 2.24) is 14.6 Å². The summed E-state index contributed by atoms with van der Waals surface area (Å²) in [6, 6.07) is 5.66. The highest BCUT2D eigenvalue weighted by Gasteiger charge is 2.21. The number of rotatable bonds is 1. The van der Waals surface area contributed by atoms with Crippen molar-refractivity contribution in [3.63, 3.8) is 0 Å². The summed E-state index contributed by atoms with van der Waals surface area (Å²) in [5.41, 5.74) is 1.36. The summed E-state index contributed by atoms with van der Waals surface area (Å²) in [6.07, 6.45) is 3.85. The standard InChI is InChI=1S/C12H12N4O/c13-8-9-1-4-16-11(7-9)14-15-12(16)10-2-5-17-6-3-10/h1,4,7,10H,2-3,5-6H2. The Kier molecular flexibility index (Phi) is 2.50. The van der Waals surface area contributed by atoms with E-state index in [1.807, 2.05) is 10.6 Å². The molecule has 3 rings (SSSR count). The fourth-order valence-corrected chi connectivity index (χ4v) is 2.21. The van der Waals surface area contributed by atoms with Gasteiger partial charge in [0.15, 0.2) is 5.65 Å². The number of aromatic nitrogens is 3. The van der Waals surface area contributed by atoms with Gasteiger partial charge in [0, 0.05) is 31.4 Å². The first-order valence-electron chi connectivity index (χ1n) is 5.71. The first kappa shape index (κ1) is 10.2. The topological polar surface area (TPSA) is 63.2 Å².